The van der Waals surface area contributed by atoms with Crippen LogP contribution in [0.25, 0.3) is 11.3 Å². The summed E-state index contributed by atoms with van der Waals surface area (Å²) in [5.74, 6) is 0.171. The van der Waals surface area contributed by atoms with Crippen LogP contribution in [0.5, 0.6) is 0 Å². The Morgan fingerprint density at radius 2 is 1.68 bits per heavy atom. The number of hydrogen-bond donors (Lipinski definition) is 1. The number of pyridine rings is 1. The predicted octanol–water partition coefficient (Wildman–Crippen LogP) is 4.91. The largest absolute Gasteiger partial charge is 0.355 e. The van der Waals surface area contributed by atoms with Crippen molar-refractivity contribution in [3.05, 3.63) is 107 Å². The Balaban J connectivity index is 1.62. The molecule has 2 aromatic heterocycles. The van der Waals surface area contributed by atoms with E-state index in [0.717, 1.165) is 16.7 Å². The highest BCUT2D eigenvalue weighted by Crippen LogP contribution is 2.25. The summed E-state index contributed by atoms with van der Waals surface area (Å²) in [5.41, 5.74) is 2.83. The molecule has 28 heavy (non-hydrogen) atoms. The Labute approximate surface area is 167 Å². The second-order valence-electron chi connectivity index (χ2n) is 6.18. The fraction of sp³-hybridized carbons (Fsp3) is 0.0455. The third-order valence-electron chi connectivity index (χ3n) is 4.30. The average Bonchev–Trinajstić information content (AvgIpc) is 3.24. The van der Waals surface area contributed by atoms with Gasteiger partial charge < -0.3 is 9.84 Å². The Morgan fingerprint density at radius 1 is 0.929 bits per heavy atom. The highest BCUT2D eigenvalue weighted by molar-refractivity contribution is 6.30. The standard InChI is InChI=1S/C22H16ClN3O2/c23-18-8-4-7-17(13-18)21(16-5-2-1-3-6-16)25-22(27)19-14-20(28-26-19)15-9-11-24-12-10-15/h1-14,21H,(H,25,27). The molecule has 0 radical (unpaired) electrons. The van der Waals surface area contributed by atoms with Gasteiger partial charge in [-0.25, -0.2) is 0 Å². The van der Waals surface area contributed by atoms with Gasteiger partial charge in [-0.1, -0.05) is 59.2 Å². The van der Waals surface area contributed by atoms with Crippen molar-refractivity contribution in [3.63, 3.8) is 0 Å². The third kappa shape index (κ3) is 3.94. The highest BCUT2D eigenvalue weighted by Gasteiger charge is 2.21. The molecule has 0 aliphatic rings. The van der Waals surface area contributed by atoms with Crippen LogP contribution in [0.1, 0.15) is 27.7 Å². The third-order valence-corrected chi connectivity index (χ3v) is 4.53. The SMILES string of the molecule is O=C(NC(c1ccccc1)c1cccc(Cl)c1)c1cc(-c2ccncc2)on1. The van der Waals surface area contributed by atoms with Gasteiger partial charge in [0.2, 0.25) is 0 Å². The van der Waals surface area contributed by atoms with E-state index in [0.29, 0.717) is 10.8 Å². The zero-order valence-corrected chi connectivity index (χ0v) is 15.5. The summed E-state index contributed by atoms with van der Waals surface area (Å²) >= 11 is 6.16. The summed E-state index contributed by atoms with van der Waals surface area (Å²) in [6.07, 6.45) is 3.31. The molecular weight excluding hydrogens is 374 g/mol. The number of carbonyl (C=O) groups excluding carboxylic acids is 1. The van der Waals surface area contributed by atoms with Gasteiger partial charge in [0.1, 0.15) is 0 Å². The smallest absolute Gasteiger partial charge is 0.274 e. The van der Waals surface area contributed by atoms with E-state index in [4.69, 9.17) is 16.1 Å². The number of carbonyl (C=O) groups is 1. The molecule has 1 N–H and O–H groups in total. The first-order valence-corrected chi connectivity index (χ1v) is 9.07. The molecule has 138 valence electrons. The first kappa shape index (κ1) is 17.9. The molecule has 5 nitrogen and oxygen atoms in total. The highest BCUT2D eigenvalue weighted by atomic mass is 35.5. The molecule has 4 rings (SSSR count). The molecule has 4 aromatic rings. The summed E-state index contributed by atoms with van der Waals surface area (Å²) in [7, 11) is 0. The maximum absolute atomic E-state index is 12.9. The van der Waals surface area contributed by atoms with E-state index >= 15 is 0 Å². The molecule has 0 saturated heterocycles. The number of halogens is 1. The van der Waals surface area contributed by atoms with E-state index in [1.165, 1.54) is 0 Å². The van der Waals surface area contributed by atoms with Crippen molar-refractivity contribution in [2.45, 2.75) is 6.04 Å². The Hall–Kier alpha value is -3.44. The van der Waals surface area contributed by atoms with Crippen molar-refractivity contribution >= 4 is 17.5 Å². The molecule has 0 bridgehead atoms. The molecular formula is C22H16ClN3O2. The zero-order chi connectivity index (χ0) is 19.3. The number of nitrogens with one attached hydrogen (secondary N) is 1. The van der Waals surface area contributed by atoms with Crippen molar-refractivity contribution in [2.24, 2.45) is 0 Å². The van der Waals surface area contributed by atoms with Crippen LogP contribution in [0.15, 0.2) is 89.7 Å². The van der Waals surface area contributed by atoms with Crippen molar-refractivity contribution < 1.29 is 9.32 Å². The number of nitrogens with zero attached hydrogens (tertiary/aromatic N) is 2. The zero-order valence-electron chi connectivity index (χ0n) is 14.7. The Bertz CT molecular complexity index is 1080. The summed E-state index contributed by atoms with van der Waals surface area (Å²) < 4.78 is 5.32. The van der Waals surface area contributed by atoms with Crippen LogP contribution in [-0.4, -0.2) is 16.0 Å². The van der Waals surface area contributed by atoms with E-state index in [-0.39, 0.29) is 17.6 Å². The van der Waals surface area contributed by atoms with E-state index in [2.05, 4.69) is 15.5 Å². The van der Waals surface area contributed by atoms with Crippen LogP contribution in [0.3, 0.4) is 0 Å². The van der Waals surface area contributed by atoms with Gasteiger partial charge in [-0.3, -0.25) is 9.78 Å². The minimum absolute atomic E-state index is 0.203. The fourth-order valence-electron chi connectivity index (χ4n) is 2.93. The van der Waals surface area contributed by atoms with Gasteiger partial charge >= 0.3 is 0 Å². The molecule has 1 unspecified atom stereocenters. The van der Waals surface area contributed by atoms with Crippen LogP contribution in [0.2, 0.25) is 5.02 Å². The number of hydrogen-bond acceptors (Lipinski definition) is 4. The minimum atomic E-state index is -0.367. The van der Waals surface area contributed by atoms with E-state index < -0.39 is 0 Å². The maximum Gasteiger partial charge on any atom is 0.274 e. The van der Waals surface area contributed by atoms with E-state index in [9.17, 15) is 4.79 Å². The summed E-state index contributed by atoms with van der Waals surface area (Å²) in [6.45, 7) is 0. The molecule has 1 atom stereocenters. The number of amides is 1. The molecule has 6 heteroatoms. The topological polar surface area (TPSA) is 68.0 Å². The first-order chi connectivity index (χ1) is 13.7. The monoisotopic (exact) mass is 389 g/mol. The maximum atomic E-state index is 12.9. The van der Waals surface area contributed by atoms with Gasteiger partial charge in [-0.2, -0.15) is 0 Å². The molecule has 0 aliphatic carbocycles. The Kier molecular flexibility index (Phi) is 5.17. The lowest BCUT2D eigenvalue weighted by molar-refractivity contribution is 0.0934. The normalized spacial score (nSPS) is 11.8. The van der Waals surface area contributed by atoms with Crippen molar-refractivity contribution in [2.75, 3.05) is 0 Å². The lowest BCUT2D eigenvalue weighted by Gasteiger charge is -2.19. The lowest BCUT2D eigenvalue weighted by Crippen LogP contribution is -2.29. The van der Waals surface area contributed by atoms with Gasteiger partial charge in [-0.15, -0.1) is 0 Å². The average molecular weight is 390 g/mol. The van der Waals surface area contributed by atoms with Gasteiger partial charge in [0.25, 0.3) is 5.91 Å². The number of aromatic nitrogens is 2. The fourth-order valence-corrected chi connectivity index (χ4v) is 3.13. The quantitative estimate of drug-likeness (QED) is 0.526. The number of rotatable bonds is 5. The lowest BCUT2D eigenvalue weighted by atomic mass is 9.98. The molecule has 2 heterocycles. The molecule has 0 saturated carbocycles. The predicted molar refractivity (Wildman–Crippen MR) is 107 cm³/mol. The molecule has 2 aromatic carbocycles. The molecule has 1 amide bonds. The van der Waals surface area contributed by atoms with Gasteiger partial charge in [-0.05, 0) is 35.4 Å². The van der Waals surface area contributed by atoms with E-state index in [1.54, 1.807) is 36.7 Å². The molecule has 0 spiro atoms. The van der Waals surface area contributed by atoms with E-state index in [1.807, 2.05) is 48.5 Å². The van der Waals surface area contributed by atoms with Crippen molar-refractivity contribution in [3.8, 4) is 11.3 Å². The van der Waals surface area contributed by atoms with Crippen molar-refractivity contribution in [1.29, 1.82) is 0 Å². The van der Waals surface area contributed by atoms with Gasteiger partial charge in [0.15, 0.2) is 11.5 Å². The second-order valence-corrected chi connectivity index (χ2v) is 6.62. The van der Waals surface area contributed by atoms with Crippen LogP contribution < -0.4 is 5.32 Å². The molecule has 0 fully saturated rings. The summed E-state index contributed by atoms with van der Waals surface area (Å²) in [6, 6.07) is 21.9. The Morgan fingerprint density at radius 3 is 2.43 bits per heavy atom. The van der Waals surface area contributed by atoms with Crippen LogP contribution in [0.4, 0.5) is 0 Å². The number of benzene rings is 2. The van der Waals surface area contributed by atoms with Crippen LogP contribution in [-0.2, 0) is 0 Å². The first-order valence-electron chi connectivity index (χ1n) is 8.69. The van der Waals surface area contributed by atoms with Crippen molar-refractivity contribution in [1.82, 2.24) is 15.5 Å². The van der Waals surface area contributed by atoms with Crippen LogP contribution in [0, 0.1) is 0 Å². The molecule has 0 aliphatic heterocycles. The van der Waals surface area contributed by atoms with Gasteiger partial charge in [0.05, 0.1) is 6.04 Å². The summed E-state index contributed by atoms with van der Waals surface area (Å²) in [5, 5.41) is 7.55. The van der Waals surface area contributed by atoms with Gasteiger partial charge in [0, 0.05) is 29.0 Å². The second kappa shape index (κ2) is 8.06. The minimum Gasteiger partial charge on any atom is -0.355 e. The summed E-state index contributed by atoms with van der Waals surface area (Å²) in [4.78, 5) is 16.8. The van der Waals surface area contributed by atoms with Crippen LogP contribution >= 0.6 is 11.6 Å².